The third-order valence-electron chi connectivity index (χ3n) is 7.27. The molecule has 1 saturated carbocycles. The Bertz CT molecular complexity index is 1540. The van der Waals surface area contributed by atoms with Crippen molar-refractivity contribution in [1.82, 2.24) is 4.98 Å². The highest BCUT2D eigenvalue weighted by Gasteiger charge is 2.65. The topological polar surface area (TPSA) is 88.5 Å². The standard InChI is InChI=1S/C29H21ClN2O4/c1-36-26-7-6-19(12-21(26)27(33)34)23-15-29(23)22-13-20(24(30)14-25(22)32-28(29)35)18-4-2-16(3-5-18)17-8-10-31-11-9-17/h2-14,23H,15H2,1H3,(H,32,35)(H,33,34). The van der Waals surface area contributed by atoms with Gasteiger partial charge in [0.25, 0.3) is 0 Å². The molecule has 4 aromatic rings. The first kappa shape index (κ1) is 22.3. The van der Waals surface area contributed by atoms with Crippen molar-refractivity contribution in [2.75, 3.05) is 12.4 Å². The zero-order chi connectivity index (χ0) is 25.0. The van der Waals surface area contributed by atoms with E-state index in [9.17, 15) is 14.7 Å². The second-order valence-corrected chi connectivity index (χ2v) is 9.55. The molecular formula is C29H21ClN2O4. The van der Waals surface area contributed by atoms with Crippen molar-refractivity contribution in [3.63, 3.8) is 0 Å². The molecule has 1 fully saturated rings. The zero-order valence-electron chi connectivity index (χ0n) is 19.3. The minimum atomic E-state index is -1.07. The van der Waals surface area contributed by atoms with Gasteiger partial charge in [-0.05, 0) is 70.6 Å². The molecule has 0 radical (unpaired) electrons. The maximum absolute atomic E-state index is 13.2. The minimum Gasteiger partial charge on any atom is -0.496 e. The number of benzene rings is 3. The molecule has 6 rings (SSSR count). The summed E-state index contributed by atoms with van der Waals surface area (Å²) in [5.41, 5.74) is 5.68. The predicted molar refractivity (Wildman–Crippen MR) is 138 cm³/mol. The fraction of sp³-hybridized carbons (Fsp3) is 0.138. The maximum Gasteiger partial charge on any atom is 0.339 e. The highest BCUT2D eigenvalue weighted by molar-refractivity contribution is 6.34. The number of nitrogens with one attached hydrogen (secondary N) is 1. The van der Waals surface area contributed by atoms with Gasteiger partial charge >= 0.3 is 5.97 Å². The number of amides is 1. The number of anilines is 1. The molecule has 3 aromatic carbocycles. The number of rotatable bonds is 5. The van der Waals surface area contributed by atoms with Gasteiger partial charge in [0.2, 0.25) is 5.91 Å². The number of nitrogens with zero attached hydrogens (tertiary/aromatic N) is 1. The van der Waals surface area contributed by atoms with Crippen LogP contribution >= 0.6 is 11.6 Å². The molecule has 1 amide bonds. The van der Waals surface area contributed by atoms with Crippen LogP contribution in [0, 0.1) is 0 Å². The number of aromatic carboxylic acids is 1. The molecule has 2 atom stereocenters. The molecule has 6 nitrogen and oxygen atoms in total. The highest BCUT2D eigenvalue weighted by atomic mass is 35.5. The van der Waals surface area contributed by atoms with Crippen LogP contribution in [-0.2, 0) is 10.2 Å². The number of carboxylic acid groups (broad SMARTS) is 1. The molecule has 0 bridgehead atoms. The number of ether oxygens (including phenoxy) is 1. The summed E-state index contributed by atoms with van der Waals surface area (Å²) in [6.45, 7) is 0. The molecule has 2 heterocycles. The summed E-state index contributed by atoms with van der Waals surface area (Å²) < 4.78 is 5.19. The summed E-state index contributed by atoms with van der Waals surface area (Å²) in [6, 6.07) is 20.9. The van der Waals surface area contributed by atoms with Crippen LogP contribution in [0.1, 0.15) is 33.8 Å². The zero-order valence-corrected chi connectivity index (χ0v) is 20.0. The molecule has 1 spiro atoms. The van der Waals surface area contributed by atoms with Crippen molar-refractivity contribution in [3.8, 4) is 28.0 Å². The average Bonchev–Trinajstić information content (AvgIpc) is 3.60. The molecule has 2 aliphatic rings. The molecule has 0 saturated heterocycles. The first-order valence-corrected chi connectivity index (χ1v) is 11.9. The van der Waals surface area contributed by atoms with Crippen molar-refractivity contribution in [3.05, 3.63) is 101 Å². The van der Waals surface area contributed by atoms with Gasteiger partial charge in [0.1, 0.15) is 11.3 Å². The quantitative estimate of drug-likeness (QED) is 0.346. The number of hydrogen-bond donors (Lipinski definition) is 2. The molecule has 1 aromatic heterocycles. The Hall–Kier alpha value is -4.16. The molecule has 1 aliphatic heterocycles. The number of aromatic nitrogens is 1. The number of fused-ring (bicyclic) bond motifs is 2. The lowest BCUT2D eigenvalue weighted by molar-refractivity contribution is -0.118. The number of carbonyl (C=O) groups excluding carboxylic acids is 1. The molecule has 2 N–H and O–H groups in total. The van der Waals surface area contributed by atoms with Gasteiger partial charge in [0.05, 0.1) is 17.5 Å². The van der Waals surface area contributed by atoms with Gasteiger partial charge in [0, 0.05) is 29.6 Å². The summed E-state index contributed by atoms with van der Waals surface area (Å²) in [6.07, 6.45) is 4.12. The monoisotopic (exact) mass is 496 g/mol. The predicted octanol–water partition coefficient (Wildman–Crippen LogP) is 6.15. The van der Waals surface area contributed by atoms with Crippen molar-refractivity contribution < 1.29 is 19.4 Å². The van der Waals surface area contributed by atoms with Crippen LogP contribution < -0.4 is 10.1 Å². The van der Waals surface area contributed by atoms with E-state index in [-0.39, 0.29) is 17.4 Å². The van der Waals surface area contributed by atoms with E-state index in [4.69, 9.17) is 16.3 Å². The third kappa shape index (κ3) is 3.37. The maximum atomic E-state index is 13.2. The van der Waals surface area contributed by atoms with Crippen LogP contribution in [0.25, 0.3) is 22.3 Å². The lowest BCUT2D eigenvalue weighted by Gasteiger charge is -2.13. The summed E-state index contributed by atoms with van der Waals surface area (Å²) in [5, 5.41) is 13.1. The smallest absolute Gasteiger partial charge is 0.339 e. The molecule has 7 heteroatoms. The fourth-order valence-electron chi connectivity index (χ4n) is 5.33. The molecule has 178 valence electrons. The summed E-state index contributed by atoms with van der Waals surface area (Å²) in [5.74, 6) is -0.993. The summed E-state index contributed by atoms with van der Waals surface area (Å²) >= 11 is 6.66. The Morgan fingerprint density at radius 3 is 2.42 bits per heavy atom. The van der Waals surface area contributed by atoms with E-state index in [0.29, 0.717) is 22.9 Å². The Labute approximate surface area is 212 Å². The van der Waals surface area contributed by atoms with Crippen LogP contribution in [0.5, 0.6) is 5.75 Å². The first-order valence-electron chi connectivity index (χ1n) is 11.5. The van der Waals surface area contributed by atoms with Gasteiger partial charge < -0.3 is 15.2 Å². The number of carbonyl (C=O) groups is 2. The Morgan fingerprint density at radius 2 is 1.72 bits per heavy atom. The van der Waals surface area contributed by atoms with Crippen molar-refractivity contribution in [1.29, 1.82) is 0 Å². The van der Waals surface area contributed by atoms with Crippen molar-refractivity contribution in [2.45, 2.75) is 17.8 Å². The molecule has 2 unspecified atom stereocenters. The average molecular weight is 497 g/mol. The van der Waals surface area contributed by atoms with E-state index >= 15 is 0 Å². The lowest BCUT2D eigenvalue weighted by atomic mass is 9.89. The van der Waals surface area contributed by atoms with Gasteiger partial charge in [-0.25, -0.2) is 4.79 Å². The van der Waals surface area contributed by atoms with Gasteiger partial charge in [-0.2, -0.15) is 0 Å². The van der Waals surface area contributed by atoms with Crippen LogP contribution in [0.3, 0.4) is 0 Å². The van der Waals surface area contributed by atoms with Crippen LogP contribution in [-0.4, -0.2) is 29.1 Å². The largest absolute Gasteiger partial charge is 0.496 e. The van der Waals surface area contributed by atoms with E-state index in [1.165, 1.54) is 7.11 Å². The summed E-state index contributed by atoms with van der Waals surface area (Å²) in [4.78, 5) is 29.0. The SMILES string of the molecule is COc1ccc(C2CC23C(=O)Nc2cc(Cl)c(-c4ccc(-c5ccncc5)cc4)cc23)cc1C(=O)O. The van der Waals surface area contributed by atoms with Gasteiger partial charge in [-0.1, -0.05) is 41.9 Å². The van der Waals surface area contributed by atoms with E-state index in [1.807, 2.05) is 54.6 Å². The summed E-state index contributed by atoms with van der Waals surface area (Å²) in [7, 11) is 1.44. The lowest BCUT2D eigenvalue weighted by Crippen LogP contribution is -2.21. The Kier molecular flexibility index (Phi) is 5.09. The van der Waals surface area contributed by atoms with Crippen molar-refractivity contribution in [2.24, 2.45) is 0 Å². The third-order valence-corrected chi connectivity index (χ3v) is 7.58. The second kappa shape index (κ2) is 8.21. The van der Waals surface area contributed by atoms with E-state index in [0.717, 1.165) is 33.4 Å². The fourth-order valence-corrected chi connectivity index (χ4v) is 5.61. The Morgan fingerprint density at radius 1 is 1.03 bits per heavy atom. The van der Waals surface area contributed by atoms with Crippen LogP contribution in [0.2, 0.25) is 5.02 Å². The van der Waals surface area contributed by atoms with E-state index < -0.39 is 11.4 Å². The van der Waals surface area contributed by atoms with Crippen LogP contribution in [0.15, 0.2) is 79.1 Å². The molecule has 36 heavy (non-hydrogen) atoms. The van der Waals surface area contributed by atoms with E-state index in [1.54, 1.807) is 24.5 Å². The minimum absolute atomic E-state index is 0.0850. The number of pyridine rings is 1. The van der Waals surface area contributed by atoms with Gasteiger partial charge in [0.15, 0.2) is 0 Å². The molecule has 1 aliphatic carbocycles. The normalized spacial score (nSPS) is 19.6. The Balaban J connectivity index is 1.38. The number of hydrogen-bond acceptors (Lipinski definition) is 4. The number of methoxy groups -OCH3 is 1. The number of halogens is 1. The van der Waals surface area contributed by atoms with Gasteiger partial charge in [-0.3, -0.25) is 9.78 Å². The first-order chi connectivity index (χ1) is 17.4. The highest BCUT2D eigenvalue weighted by Crippen LogP contribution is 2.65. The van der Waals surface area contributed by atoms with E-state index in [2.05, 4.69) is 10.3 Å². The van der Waals surface area contributed by atoms with Crippen LogP contribution in [0.4, 0.5) is 5.69 Å². The second-order valence-electron chi connectivity index (χ2n) is 9.14. The number of carboxylic acids is 1. The molecular weight excluding hydrogens is 476 g/mol. The van der Waals surface area contributed by atoms with Gasteiger partial charge in [-0.15, -0.1) is 0 Å². The van der Waals surface area contributed by atoms with Crippen molar-refractivity contribution >= 4 is 29.2 Å².